The van der Waals surface area contributed by atoms with Crippen molar-refractivity contribution in [3.63, 3.8) is 0 Å². The summed E-state index contributed by atoms with van der Waals surface area (Å²) >= 11 is 0. The number of carbonyl (C=O) groups excluding carboxylic acids is 2. The van der Waals surface area contributed by atoms with Crippen LogP contribution in [0, 0.1) is 46.3 Å². The van der Waals surface area contributed by atoms with E-state index in [0.717, 1.165) is 51.4 Å². The second-order valence-corrected chi connectivity index (χ2v) is 13.7. The number of aliphatic hydroxyl groups excluding tert-OH is 3. The summed E-state index contributed by atoms with van der Waals surface area (Å²) in [5.74, 6) is 1.19. The van der Waals surface area contributed by atoms with Crippen LogP contribution in [0.3, 0.4) is 0 Å². The highest BCUT2D eigenvalue weighted by Gasteiger charge is 2.65. The maximum absolute atomic E-state index is 12.8. The number of methoxy groups -OCH3 is 1. The molecule has 4 saturated carbocycles. The van der Waals surface area contributed by atoms with Crippen LogP contribution in [0.15, 0.2) is 24.3 Å². The summed E-state index contributed by atoms with van der Waals surface area (Å²) in [6.45, 7) is 6.83. The van der Waals surface area contributed by atoms with Gasteiger partial charge < -0.3 is 25.4 Å². The third-order valence-corrected chi connectivity index (χ3v) is 11.9. The highest BCUT2D eigenvalue weighted by Crippen LogP contribution is 2.68. The van der Waals surface area contributed by atoms with Crippen LogP contribution in [0.2, 0.25) is 0 Å². The largest absolute Gasteiger partial charge is 0.465 e. The molecule has 0 radical (unpaired) electrons. The van der Waals surface area contributed by atoms with Crippen LogP contribution >= 0.6 is 0 Å². The van der Waals surface area contributed by atoms with Gasteiger partial charge in [0.05, 0.1) is 31.0 Å². The zero-order valence-electron chi connectivity index (χ0n) is 23.9. The molecule has 11 atom stereocenters. The van der Waals surface area contributed by atoms with Crippen molar-refractivity contribution in [2.24, 2.45) is 46.3 Å². The maximum Gasteiger partial charge on any atom is 0.337 e. The number of ether oxygens (including phenoxy) is 1. The Labute approximate surface area is 232 Å². The van der Waals surface area contributed by atoms with Crippen molar-refractivity contribution in [1.82, 2.24) is 0 Å². The van der Waals surface area contributed by atoms with E-state index < -0.39 is 12.1 Å². The Morgan fingerprint density at radius 3 is 2.44 bits per heavy atom. The van der Waals surface area contributed by atoms with Gasteiger partial charge in [0, 0.05) is 12.1 Å². The van der Waals surface area contributed by atoms with Crippen molar-refractivity contribution in [2.45, 2.75) is 96.9 Å². The Hall–Kier alpha value is -1.96. The van der Waals surface area contributed by atoms with E-state index in [0.29, 0.717) is 29.5 Å². The average molecular weight is 542 g/mol. The van der Waals surface area contributed by atoms with Gasteiger partial charge >= 0.3 is 5.97 Å². The molecule has 39 heavy (non-hydrogen) atoms. The molecule has 0 spiro atoms. The van der Waals surface area contributed by atoms with E-state index >= 15 is 0 Å². The first kappa shape index (κ1) is 28.6. The topological polar surface area (TPSA) is 116 Å². The van der Waals surface area contributed by atoms with Gasteiger partial charge in [0.2, 0.25) is 5.91 Å². The number of carbonyl (C=O) groups is 2. The Kier molecular flexibility index (Phi) is 7.90. The van der Waals surface area contributed by atoms with Crippen LogP contribution in [0.25, 0.3) is 0 Å². The van der Waals surface area contributed by atoms with Crippen LogP contribution in [0.4, 0.5) is 5.69 Å². The second-order valence-electron chi connectivity index (χ2n) is 13.7. The second kappa shape index (κ2) is 10.8. The van der Waals surface area contributed by atoms with Gasteiger partial charge in [-0.05, 0) is 122 Å². The van der Waals surface area contributed by atoms with Crippen molar-refractivity contribution in [3.05, 3.63) is 29.8 Å². The zero-order valence-corrected chi connectivity index (χ0v) is 23.9. The van der Waals surface area contributed by atoms with E-state index in [-0.39, 0.29) is 52.6 Å². The normalized spacial score (nSPS) is 42.0. The van der Waals surface area contributed by atoms with Crippen LogP contribution in [-0.2, 0) is 9.53 Å². The number of anilines is 1. The van der Waals surface area contributed by atoms with Crippen LogP contribution in [-0.4, -0.2) is 52.6 Å². The predicted molar refractivity (Wildman–Crippen MR) is 149 cm³/mol. The Morgan fingerprint density at radius 1 is 1.03 bits per heavy atom. The number of aliphatic hydroxyl groups is 3. The monoisotopic (exact) mass is 541 g/mol. The molecule has 0 unspecified atom stereocenters. The van der Waals surface area contributed by atoms with Crippen LogP contribution in [0.1, 0.15) is 88.9 Å². The minimum atomic E-state index is -0.421. The average Bonchev–Trinajstić information content (AvgIpc) is 3.27. The van der Waals surface area contributed by atoms with Gasteiger partial charge in [-0.3, -0.25) is 4.79 Å². The fourth-order valence-electron chi connectivity index (χ4n) is 9.72. The van der Waals surface area contributed by atoms with E-state index in [1.807, 2.05) is 0 Å². The molecule has 4 fully saturated rings. The third kappa shape index (κ3) is 4.93. The Bertz CT molecular complexity index is 1060. The standard InChI is InChI=1S/C32H47NO6/c1-18(5-12-28(37)33-21-8-6-19(7-9-21)30(38)39-4)23-10-11-24-29-25(17-27(36)32(23,24)3)31(2)14-13-22(34)15-20(31)16-26(29)35/h6-9,18,20,22-27,29,34-36H,5,10-17H2,1-4H3,(H,33,37)/t18-,20+,22-,23-,24+,25+,26-,27+,29+,31+,32-/m1/s1. The molecule has 4 aliphatic carbocycles. The molecule has 7 heteroatoms. The molecule has 1 aromatic rings. The van der Waals surface area contributed by atoms with E-state index in [2.05, 4.69) is 26.1 Å². The highest BCUT2D eigenvalue weighted by molar-refractivity contribution is 5.93. The minimum Gasteiger partial charge on any atom is -0.465 e. The number of benzene rings is 1. The lowest BCUT2D eigenvalue weighted by Crippen LogP contribution is -2.62. The maximum atomic E-state index is 12.8. The number of fused-ring (bicyclic) bond motifs is 5. The summed E-state index contributed by atoms with van der Waals surface area (Å²) in [4.78, 5) is 24.4. The molecule has 5 rings (SSSR count). The molecule has 4 aliphatic rings. The van der Waals surface area contributed by atoms with Crippen molar-refractivity contribution in [2.75, 3.05) is 12.4 Å². The van der Waals surface area contributed by atoms with Gasteiger partial charge in [0.15, 0.2) is 0 Å². The quantitative estimate of drug-likeness (QED) is 0.385. The molecule has 7 nitrogen and oxygen atoms in total. The Morgan fingerprint density at radius 2 is 1.74 bits per heavy atom. The smallest absolute Gasteiger partial charge is 0.337 e. The first-order valence-corrected chi connectivity index (χ1v) is 15.0. The molecule has 0 heterocycles. The van der Waals surface area contributed by atoms with Crippen molar-refractivity contribution in [1.29, 1.82) is 0 Å². The fourth-order valence-corrected chi connectivity index (χ4v) is 9.72. The minimum absolute atomic E-state index is 0.0576. The van der Waals surface area contributed by atoms with Crippen molar-refractivity contribution < 1.29 is 29.6 Å². The van der Waals surface area contributed by atoms with Gasteiger partial charge in [-0.15, -0.1) is 0 Å². The molecular formula is C32H47NO6. The number of amides is 1. The summed E-state index contributed by atoms with van der Waals surface area (Å²) < 4.78 is 4.72. The van der Waals surface area contributed by atoms with E-state index in [1.54, 1.807) is 24.3 Å². The molecule has 4 N–H and O–H groups in total. The van der Waals surface area contributed by atoms with Gasteiger partial charge in [-0.25, -0.2) is 4.79 Å². The number of rotatable bonds is 6. The van der Waals surface area contributed by atoms with E-state index in [9.17, 15) is 24.9 Å². The number of hydrogen-bond acceptors (Lipinski definition) is 6. The highest BCUT2D eigenvalue weighted by atomic mass is 16.5. The predicted octanol–water partition coefficient (Wildman–Crippen LogP) is 4.79. The van der Waals surface area contributed by atoms with Crippen LogP contribution in [0.5, 0.6) is 0 Å². The SMILES string of the molecule is COC(=O)c1ccc(NC(=O)CC[C@@H](C)[C@H]2CC[C@H]3[C@@H]4[C@H](O)C[C@@H]5C[C@H](O)CC[C@]5(C)[C@H]4C[C@H](O)[C@]23C)cc1. The zero-order chi connectivity index (χ0) is 28.1. The van der Waals surface area contributed by atoms with Crippen LogP contribution < -0.4 is 5.32 Å². The molecule has 0 saturated heterocycles. The van der Waals surface area contributed by atoms with E-state index in [4.69, 9.17) is 4.74 Å². The van der Waals surface area contributed by atoms with Gasteiger partial charge in [0.25, 0.3) is 0 Å². The summed E-state index contributed by atoms with van der Waals surface area (Å²) in [7, 11) is 1.34. The third-order valence-electron chi connectivity index (χ3n) is 11.9. The summed E-state index contributed by atoms with van der Waals surface area (Å²) in [6, 6.07) is 6.69. The fraction of sp³-hybridized carbons (Fsp3) is 0.750. The lowest BCUT2D eigenvalue weighted by atomic mass is 9.43. The van der Waals surface area contributed by atoms with Gasteiger partial charge in [0.1, 0.15) is 0 Å². The molecule has 0 bridgehead atoms. The Balaban J connectivity index is 1.23. The summed E-state index contributed by atoms with van der Waals surface area (Å²) in [6.07, 6.45) is 6.16. The van der Waals surface area contributed by atoms with Crippen molar-refractivity contribution >= 4 is 17.6 Å². The number of nitrogens with one attached hydrogen (secondary N) is 1. The number of hydrogen-bond donors (Lipinski definition) is 4. The molecule has 0 aromatic heterocycles. The van der Waals surface area contributed by atoms with E-state index in [1.165, 1.54) is 7.11 Å². The summed E-state index contributed by atoms with van der Waals surface area (Å²) in [5.41, 5.74) is 0.895. The first-order chi connectivity index (χ1) is 18.5. The molecule has 0 aliphatic heterocycles. The van der Waals surface area contributed by atoms with Crippen molar-refractivity contribution in [3.8, 4) is 0 Å². The molecular weight excluding hydrogens is 494 g/mol. The molecule has 1 amide bonds. The number of esters is 1. The van der Waals surface area contributed by atoms with Gasteiger partial charge in [-0.1, -0.05) is 20.8 Å². The lowest BCUT2D eigenvalue weighted by molar-refractivity contribution is -0.207. The molecule has 216 valence electrons. The lowest BCUT2D eigenvalue weighted by Gasteiger charge is -2.63. The molecule has 1 aromatic carbocycles. The first-order valence-electron chi connectivity index (χ1n) is 15.0. The summed E-state index contributed by atoms with van der Waals surface area (Å²) in [5, 5.41) is 36.5. The van der Waals surface area contributed by atoms with Gasteiger partial charge in [-0.2, -0.15) is 0 Å².